The third-order valence-electron chi connectivity index (χ3n) is 6.40. The molecule has 0 spiro atoms. The van der Waals surface area contributed by atoms with Crippen molar-refractivity contribution >= 4 is 29.1 Å². The lowest BCUT2D eigenvalue weighted by atomic mass is 9.72. The first kappa shape index (κ1) is 20.3. The van der Waals surface area contributed by atoms with E-state index in [4.69, 9.17) is 21.3 Å². The third-order valence-corrected chi connectivity index (χ3v) is 6.65. The molecule has 0 N–H and O–H groups in total. The molecule has 0 radical (unpaired) electrons. The van der Waals surface area contributed by atoms with Crippen molar-refractivity contribution in [3.8, 4) is 0 Å². The predicted molar refractivity (Wildman–Crippen MR) is 114 cm³/mol. The van der Waals surface area contributed by atoms with E-state index in [1.807, 2.05) is 31.2 Å². The number of hydrogen-bond donors (Lipinski definition) is 0. The van der Waals surface area contributed by atoms with Crippen LogP contribution in [0.5, 0.6) is 0 Å². The molecule has 1 saturated carbocycles. The minimum Gasteiger partial charge on any atom is -0.462 e. The number of Topliss-reactive ketones (excluding diaryl/α,β-unsaturated/α-hetero) is 1. The van der Waals surface area contributed by atoms with Gasteiger partial charge in [-0.3, -0.25) is 14.6 Å². The molecule has 1 aromatic rings. The molecule has 5 heteroatoms. The van der Waals surface area contributed by atoms with Crippen molar-refractivity contribution in [1.29, 1.82) is 0 Å². The van der Waals surface area contributed by atoms with Gasteiger partial charge in [-0.15, -0.1) is 0 Å². The van der Waals surface area contributed by atoms with Gasteiger partial charge in [0.15, 0.2) is 5.78 Å². The minimum atomic E-state index is -0.555. The molecule has 29 heavy (non-hydrogen) atoms. The van der Waals surface area contributed by atoms with Crippen LogP contribution >= 0.6 is 11.6 Å². The van der Waals surface area contributed by atoms with E-state index in [-0.39, 0.29) is 23.8 Å². The molecular weight excluding hydrogens is 386 g/mol. The number of benzene rings is 1. The highest BCUT2D eigenvalue weighted by Gasteiger charge is 2.43. The highest BCUT2D eigenvalue weighted by molar-refractivity contribution is 6.30. The van der Waals surface area contributed by atoms with Gasteiger partial charge in [0.2, 0.25) is 0 Å². The van der Waals surface area contributed by atoms with Gasteiger partial charge < -0.3 is 4.74 Å². The van der Waals surface area contributed by atoms with Crippen molar-refractivity contribution in [2.45, 2.75) is 76.7 Å². The van der Waals surface area contributed by atoms with E-state index >= 15 is 0 Å². The second-order valence-corrected chi connectivity index (χ2v) is 8.88. The van der Waals surface area contributed by atoms with Crippen LogP contribution in [-0.4, -0.2) is 23.6 Å². The molecule has 0 amide bonds. The zero-order valence-corrected chi connectivity index (χ0v) is 17.7. The Balaban J connectivity index is 1.69. The van der Waals surface area contributed by atoms with Crippen molar-refractivity contribution < 1.29 is 14.3 Å². The minimum absolute atomic E-state index is 0.0268. The van der Waals surface area contributed by atoms with Crippen LogP contribution in [0.15, 0.2) is 40.5 Å². The molecule has 0 saturated heterocycles. The van der Waals surface area contributed by atoms with Crippen LogP contribution in [0.4, 0.5) is 0 Å². The molecule has 2 atom stereocenters. The van der Waals surface area contributed by atoms with E-state index in [0.717, 1.165) is 55.5 Å². The number of ketones is 1. The van der Waals surface area contributed by atoms with Crippen molar-refractivity contribution in [2.24, 2.45) is 10.9 Å². The van der Waals surface area contributed by atoms with E-state index in [0.29, 0.717) is 17.0 Å². The number of carbonyl (C=O) groups excluding carboxylic acids is 2. The Morgan fingerprint density at radius 3 is 2.41 bits per heavy atom. The fourth-order valence-corrected chi connectivity index (χ4v) is 5.07. The lowest BCUT2D eigenvalue weighted by Gasteiger charge is -2.35. The summed E-state index contributed by atoms with van der Waals surface area (Å²) in [6, 6.07) is 7.48. The summed E-state index contributed by atoms with van der Waals surface area (Å²) in [5.74, 6) is -1.04. The first-order chi connectivity index (χ1) is 14.0. The maximum atomic E-state index is 13.4. The Labute approximate surface area is 177 Å². The molecule has 3 aliphatic rings. The molecule has 1 unspecified atom stereocenters. The van der Waals surface area contributed by atoms with Crippen LogP contribution in [-0.2, 0) is 14.3 Å². The third kappa shape index (κ3) is 4.32. The first-order valence-electron chi connectivity index (χ1n) is 10.8. The molecule has 1 fully saturated rings. The average Bonchev–Trinajstić information content (AvgIpc) is 2.96. The zero-order valence-electron chi connectivity index (χ0n) is 17.0. The second kappa shape index (κ2) is 8.83. The Bertz CT molecular complexity index is 847. The van der Waals surface area contributed by atoms with Crippen molar-refractivity contribution in [1.82, 2.24) is 0 Å². The SMILES string of the molecule is CC1=NC2=C(C(=O)CCC2)[C@H](c2ccc(Cl)cc2)C1C(=O)OC1CCCCCC1. The summed E-state index contributed by atoms with van der Waals surface area (Å²) in [6.07, 6.45) is 8.55. The van der Waals surface area contributed by atoms with Crippen LogP contribution < -0.4 is 0 Å². The van der Waals surface area contributed by atoms with Gasteiger partial charge in [0.05, 0.1) is 0 Å². The summed E-state index contributed by atoms with van der Waals surface area (Å²) < 4.78 is 5.99. The van der Waals surface area contributed by atoms with E-state index in [1.165, 1.54) is 12.8 Å². The molecule has 0 bridgehead atoms. The van der Waals surface area contributed by atoms with E-state index in [2.05, 4.69) is 0 Å². The van der Waals surface area contributed by atoms with Crippen molar-refractivity contribution in [2.75, 3.05) is 0 Å². The second-order valence-electron chi connectivity index (χ2n) is 8.45. The number of hydrogen-bond acceptors (Lipinski definition) is 4. The number of carbonyl (C=O) groups is 2. The van der Waals surface area contributed by atoms with Gasteiger partial charge in [-0.05, 0) is 63.1 Å². The Morgan fingerprint density at radius 2 is 1.72 bits per heavy atom. The normalized spacial score (nSPS) is 25.9. The van der Waals surface area contributed by atoms with E-state index in [9.17, 15) is 9.59 Å². The van der Waals surface area contributed by atoms with Crippen molar-refractivity contribution in [3.05, 3.63) is 46.1 Å². The average molecular weight is 414 g/mol. The van der Waals surface area contributed by atoms with Gasteiger partial charge in [-0.25, -0.2) is 0 Å². The van der Waals surface area contributed by atoms with Crippen molar-refractivity contribution in [3.63, 3.8) is 0 Å². The van der Waals surface area contributed by atoms with Gasteiger partial charge in [-0.2, -0.15) is 0 Å². The predicted octanol–water partition coefficient (Wildman–Crippen LogP) is 5.79. The molecule has 1 aliphatic heterocycles. The van der Waals surface area contributed by atoms with E-state index in [1.54, 1.807) is 0 Å². The van der Waals surface area contributed by atoms with Gasteiger partial charge in [-0.1, -0.05) is 36.6 Å². The van der Waals surface area contributed by atoms with Gasteiger partial charge in [0, 0.05) is 34.3 Å². The number of nitrogens with zero attached hydrogens (tertiary/aromatic N) is 1. The molecule has 2 aliphatic carbocycles. The molecule has 4 nitrogen and oxygen atoms in total. The van der Waals surface area contributed by atoms with Crippen LogP contribution in [0.3, 0.4) is 0 Å². The van der Waals surface area contributed by atoms with Crippen LogP contribution in [0.1, 0.15) is 76.2 Å². The number of halogens is 1. The molecule has 1 heterocycles. The first-order valence-corrected chi connectivity index (χ1v) is 11.2. The van der Waals surface area contributed by atoms with Crippen LogP contribution in [0, 0.1) is 5.92 Å². The summed E-state index contributed by atoms with van der Waals surface area (Å²) in [4.78, 5) is 31.0. The molecule has 154 valence electrons. The standard InChI is InChI=1S/C24H28ClNO3/c1-15-21(24(28)29-18-7-4-2-3-5-8-18)22(16-11-13-17(25)14-12-16)23-19(26-15)9-6-10-20(23)27/h11-14,18,21-22H,2-10H2,1H3/t21?,22-/m1/s1. The summed E-state index contributed by atoms with van der Waals surface area (Å²) in [7, 11) is 0. The monoisotopic (exact) mass is 413 g/mol. The highest BCUT2D eigenvalue weighted by atomic mass is 35.5. The lowest BCUT2D eigenvalue weighted by molar-refractivity contribution is -0.152. The summed E-state index contributed by atoms with van der Waals surface area (Å²) in [5, 5.41) is 0.636. The summed E-state index contributed by atoms with van der Waals surface area (Å²) >= 11 is 6.09. The maximum absolute atomic E-state index is 13.4. The van der Waals surface area contributed by atoms with Gasteiger partial charge in [0.1, 0.15) is 12.0 Å². The smallest absolute Gasteiger partial charge is 0.315 e. The van der Waals surface area contributed by atoms with Crippen LogP contribution in [0.2, 0.25) is 5.02 Å². The topological polar surface area (TPSA) is 55.7 Å². The molecule has 4 rings (SSSR count). The number of ether oxygens (including phenoxy) is 1. The molecule has 1 aromatic carbocycles. The quantitative estimate of drug-likeness (QED) is 0.465. The fourth-order valence-electron chi connectivity index (χ4n) is 4.94. The summed E-state index contributed by atoms with van der Waals surface area (Å²) in [5.41, 5.74) is 3.22. The molecular formula is C24H28ClNO3. The Hall–Kier alpha value is -1.94. The number of aliphatic imine (C=N–C) groups is 1. The van der Waals surface area contributed by atoms with E-state index < -0.39 is 5.92 Å². The summed E-state index contributed by atoms with van der Waals surface area (Å²) in [6.45, 7) is 1.89. The fraction of sp³-hybridized carbons (Fsp3) is 0.542. The Kier molecular flexibility index (Phi) is 6.19. The zero-order chi connectivity index (χ0) is 20.4. The van der Waals surface area contributed by atoms with Gasteiger partial charge in [0.25, 0.3) is 0 Å². The van der Waals surface area contributed by atoms with Gasteiger partial charge >= 0.3 is 5.97 Å². The number of rotatable bonds is 3. The number of esters is 1. The van der Waals surface area contributed by atoms with Crippen LogP contribution in [0.25, 0.3) is 0 Å². The Morgan fingerprint density at radius 1 is 1.03 bits per heavy atom. The largest absolute Gasteiger partial charge is 0.462 e. The maximum Gasteiger partial charge on any atom is 0.315 e. The highest BCUT2D eigenvalue weighted by Crippen LogP contribution is 2.44. The number of allylic oxidation sites excluding steroid dienone is 2. The lowest BCUT2D eigenvalue weighted by Crippen LogP contribution is -2.38. The molecule has 0 aromatic heterocycles.